The van der Waals surface area contributed by atoms with E-state index in [4.69, 9.17) is 23.2 Å². The number of rotatable bonds is 1. The normalized spacial score (nSPS) is 26.8. The second-order valence-corrected chi connectivity index (χ2v) is 5.14. The second-order valence-electron chi connectivity index (χ2n) is 4.12. The van der Waals surface area contributed by atoms with Gasteiger partial charge >= 0.3 is 0 Å². The van der Waals surface area contributed by atoms with Crippen LogP contribution in [0.25, 0.3) is 0 Å². The van der Waals surface area contributed by atoms with Crippen LogP contribution in [0, 0.1) is 6.92 Å². The van der Waals surface area contributed by atoms with E-state index in [-0.39, 0.29) is 0 Å². The lowest BCUT2D eigenvalue weighted by Gasteiger charge is -2.10. The summed E-state index contributed by atoms with van der Waals surface area (Å²) in [6.45, 7) is 2.03. The summed E-state index contributed by atoms with van der Waals surface area (Å²) in [5.74, 6) is 0.621. The van der Waals surface area contributed by atoms with E-state index in [1.807, 2.05) is 6.92 Å². The zero-order chi connectivity index (χ0) is 10.1. The number of hydrogen-bond acceptors (Lipinski definition) is 0. The first-order chi connectivity index (χ1) is 6.66. The molecule has 0 amide bonds. The van der Waals surface area contributed by atoms with Crippen molar-refractivity contribution in [2.75, 3.05) is 0 Å². The van der Waals surface area contributed by atoms with Crippen molar-refractivity contribution in [1.82, 2.24) is 0 Å². The van der Waals surface area contributed by atoms with E-state index in [9.17, 15) is 0 Å². The monoisotopic (exact) mass is 228 g/mol. The molecule has 0 radical (unpaired) electrons. The van der Waals surface area contributed by atoms with Gasteiger partial charge in [0.1, 0.15) is 0 Å². The lowest BCUT2D eigenvalue weighted by atomic mass is 9.97. The first-order valence-corrected chi connectivity index (χ1v) is 5.88. The summed E-state index contributed by atoms with van der Waals surface area (Å²) in [4.78, 5) is 0. The van der Waals surface area contributed by atoms with Gasteiger partial charge in [0.05, 0.1) is 0 Å². The minimum Gasteiger partial charge on any atom is -0.123 e. The SMILES string of the molecule is Cc1ccc(C2CCC(Cl)C2)cc1Cl. The molecule has 0 aliphatic heterocycles. The molecule has 1 saturated carbocycles. The van der Waals surface area contributed by atoms with Crippen LogP contribution < -0.4 is 0 Å². The van der Waals surface area contributed by atoms with Gasteiger partial charge in [-0.1, -0.05) is 23.7 Å². The Hall–Kier alpha value is -0.200. The van der Waals surface area contributed by atoms with Crippen molar-refractivity contribution in [2.45, 2.75) is 37.5 Å². The molecule has 76 valence electrons. The minimum atomic E-state index is 0.361. The molecule has 0 nitrogen and oxygen atoms in total. The van der Waals surface area contributed by atoms with Crippen LogP contribution in [0.5, 0.6) is 0 Å². The fraction of sp³-hybridized carbons (Fsp3) is 0.500. The standard InChI is InChI=1S/C12H14Cl2/c1-8-2-3-10(7-12(8)14)9-4-5-11(13)6-9/h2-3,7,9,11H,4-6H2,1H3. The maximum Gasteiger partial charge on any atom is 0.0438 e. The molecule has 1 fully saturated rings. The third-order valence-electron chi connectivity index (χ3n) is 3.04. The largest absolute Gasteiger partial charge is 0.123 e. The molecule has 0 heterocycles. The summed E-state index contributed by atoms with van der Waals surface area (Å²) >= 11 is 12.2. The van der Waals surface area contributed by atoms with Crippen molar-refractivity contribution in [3.05, 3.63) is 34.3 Å². The van der Waals surface area contributed by atoms with Crippen LogP contribution in [-0.4, -0.2) is 5.38 Å². The molecule has 0 spiro atoms. The van der Waals surface area contributed by atoms with Gasteiger partial charge in [0, 0.05) is 10.4 Å². The summed E-state index contributed by atoms with van der Waals surface area (Å²) in [6, 6.07) is 6.37. The highest BCUT2D eigenvalue weighted by Crippen LogP contribution is 2.38. The van der Waals surface area contributed by atoms with E-state index < -0.39 is 0 Å². The van der Waals surface area contributed by atoms with Crippen molar-refractivity contribution in [3.8, 4) is 0 Å². The van der Waals surface area contributed by atoms with E-state index in [0.717, 1.165) is 23.4 Å². The predicted octanol–water partition coefficient (Wildman–Crippen LogP) is 4.52. The van der Waals surface area contributed by atoms with Crippen LogP contribution >= 0.6 is 23.2 Å². The molecular weight excluding hydrogens is 215 g/mol. The number of halogens is 2. The molecule has 1 aromatic rings. The fourth-order valence-corrected chi connectivity index (χ4v) is 2.62. The van der Waals surface area contributed by atoms with Crippen LogP contribution in [0.2, 0.25) is 5.02 Å². The van der Waals surface area contributed by atoms with Crippen LogP contribution in [0.4, 0.5) is 0 Å². The van der Waals surface area contributed by atoms with Gasteiger partial charge in [0.15, 0.2) is 0 Å². The minimum absolute atomic E-state index is 0.361. The molecule has 2 atom stereocenters. The highest BCUT2D eigenvalue weighted by Gasteiger charge is 2.24. The third-order valence-corrected chi connectivity index (χ3v) is 3.84. The third kappa shape index (κ3) is 2.07. The second kappa shape index (κ2) is 4.12. The van der Waals surface area contributed by atoms with Crippen molar-refractivity contribution in [3.63, 3.8) is 0 Å². The smallest absolute Gasteiger partial charge is 0.0438 e. The number of benzene rings is 1. The van der Waals surface area contributed by atoms with Gasteiger partial charge in [-0.2, -0.15) is 0 Å². The number of alkyl halides is 1. The molecule has 1 aromatic carbocycles. The van der Waals surface area contributed by atoms with E-state index in [1.165, 1.54) is 12.0 Å². The molecule has 2 heteroatoms. The van der Waals surface area contributed by atoms with Crippen LogP contribution in [-0.2, 0) is 0 Å². The van der Waals surface area contributed by atoms with Crippen molar-refractivity contribution in [1.29, 1.82) is 0 Å². The molecular formula is C12H14Cl2. The van der Waals surface area contributed by atoms with E-state index in [1.54, 1.807) is 0 Å². The highest BCUT2D eigenvalue weighted by atomic mass is 35.5. The van der Waals surface area contributed by atoms with Crippen molar-refractivity contribution in [2.24, 2.45) is 0 Å². The van der Waals surface area contributed by atoms with Gasteiger partial charge in [-0.05, 0) is 49.3 Å². The van der Waals surface area contributed by atoms with Crippen LogP contribution in [0.1, 0.15) is 36.3 Å². The maximum atomic E-state index is 6.10. The summed E-state index contributed by atoms with van der Waals surface area (Å²) in [6.07, 6.45) is 3.44. The summed E-state index contributed by atoms with van der Waals surface area (Å²) in [5.41, 5.74) is 2.50. The molecule has 2 unspecified atom stereocenters. The Morgan fingerprint density at radius 1 is 1.29 bits per heavy atom. The van der Waals surface area contributed by atoms with Gasteiger partial charge in [-0.3, -0.25) is 0 Å². The summed E-state index contributed by atoms with van der Waals surface area (Å²) in [7, 11) is 0. The molecule has 1 aliphatic rings. The Balaban J connectivity index is 2.20. The highest BCUT2D eigenvalue weighted by molar-refractivity contribution is 6.31. The van der Waals surface area contributed by atoms with Gasteiger partial charge in [0.2, 0.25) is 0 Å². The lowest BCUT2D eigenvalue weighted by Crippen LogP contribution is -1.94. The Bertz CT molecular complexity index is 333. The average molecular weight is 229 g/mol. The zero-order valence-corrected chi connectivity index (χ0v) is 9.78. The van der Waals surface area contributed by atoms with E-state index in [0.29, 0.717) is 11.3 Å². The molecule has 0 bridgehead atoms. The average Bonchev–Trinajstić information content (AvgIpc) is 2.57. The first kappa shape index (κ1) is 10.3. The summed E-state index contributed by atoms with van der Waals surface area (Å²) in [5, 5.41) is 1.24. The van der Waals surface area contributed by atoms with E-state index in [2.05, 4.69) is 18.2 Å². The zero-order valence-electron chi connectivity index (χ0n) is 8.26. The maximum absolute atomic E-state index is 6.10. The van der Waals surface area contributed by atoms with Crippen LogP contribution in [0.3, 0.4) is 0 Å². The molecule has 0 saturated heterocycles. The number of aryl methyl sites for hydroxylation is 1. The molecule has 1 aliphatic carbocycles. The van der Waals surface area contributed by atoms with Gasteiger partial charge < -0.3 is 0 Å². The Kier molecular flexibility index (Phi) is 3.04. The molecule has 0 aromatic heterocycles. The molecule has 2 rings (SSSR count). The van der Waals surface area contributed by atoms with Crippen molar-refractivity contribution < 1.29 is 0 Å². The van der Waals surface area contributed by atoms with Gasteiger partial charge in [-0.15, -0.1) is 11.6 Å². The Labute approximate surface area is 95.2 Å². The number of hydrogen-bond donors (Lipinski definition) is 0. The predicted molar refractivity (Wildman–Crippen MR) is 62.4 cm³/mol. The summed E-state index contributed by atoms with van der Waals surface area (Å²) < 4.78 is 0. The fourth-order valence-electron chi connectivity index (χ4n) is 2.09. The van der Waals surface area contributed by atoms with Crippen molar-refractivity contribution >= 4 is 23.2 Å². The van der Waals surface area contributed by atoms with Gasteiger partial charge in [-0.25, -0.2) is 0 Å². The Morgan fingerprint density at radius 2 is 2.07 bits per heavy atom. The molecule has 0 N–H and O–H groups in total. The van der Waals surface area contributed by atoms with E-state index >= 15 is 0 Å². The van der Waals surface area contributed by atoms with Crippen LogP contribution in [0.15, 0.2) is 18.2 Å². The molecule has 14 heavy (non-hydrogen) atoms. The van der Waals surface area contributed by atoms with Gasteiger partial charge in [0.25, 0.3) is 0 Å². The Morgan fingerprint density at radius 3 is 2.64 bits per heavy atom. The quantitative estimate of drug-likeness (QED) is 0.621. The lowest BCUT2D eigenvalue weighted by molar-refractivity contribution is 0.724. The first-order valence-electron chi connectivity index (χ1n) is 5.07. The topological polar surface area (TPSA) is 0 Å².